The van der Waals surface area contributed by atoms with E-state index in [1.54, 1.807) is 0 Å². The maximum atomic E-state index is 13.0. The molecule has 4 nitrogen and oxygen atoms in total. The Kier molecular flexibility index (Phi) is 9.08. The maximum absolute atomic E-state index is 13.0. The third-order valence-electron chi connectivity index (χ3n) is 7.56. The number of ether oxygens (including phenoxy) is 2. The molecule has 154 valence electrons. The van der Waals surface area contributed by atoms with Crippen LogP contribution in [0.15, 0.2) is 0 Å². The maximum Gasteiger partial charge on any atom is 0.309 e. The molecule has 0 saturated heterocycles. The molecule has 0 aromatic carbocycles. The summed E-state index contributed by atoms with van der Waals surface area (Å²) in [5.41, 5.74) is 6.21. The summed E-state index contributed by atoms with van der Waals surface area (Å²) in [6, 6.07) is 0.0457. The van der Waals surface area contributed by atoms with Gasteiger partial charge in [-0.15, -0.1) is 0 Å². The topological polar surface area (TPSA) is 61.5 Å². The molecule has 6 unspecified atom stereocenters. The second-order valence-corrected chi connectivity index (χ2v) is 8.81. The first kappa shape index (κ1) is 23.4. The van der Waals surface area contributed by atoms with E-state index in [4.69, 9.17) is 15.2 Å². The van der Waals surface area contributed by atoms with E-state index in [0.717, 1.165) is 51.7 Å². The summed E-state index contributed by atoms with van der Waals surface area (Å²) in [4.78, 5) is 13.0. The van der Waals surface area contributed by atoms with E-state index in [1.165, 1.54) is 0 Å². The summed E-state index contributed by atoms with van der Waals surface area (Å²) < 4.78 is 11.3. The number of unbranched alkanes of at least 4 members (excludes halogenated alkanes) is 1. The lowest BCUT2D eigenvalue weighted by Crippen LogP contribution is -2.54. The molecule has 26 heavy (non-hydrogen) atoms. The minimum absolute atomic E-state index is 0.0190. The number of carbonyl (C=O) groups is 1. The average Bonchev–Trinajstić information content (AvgIpc) is 2.90. The van der Waals surface area contributed by atoms with Gasteiger partial charge in [0.05, 0.1) is 12.0 Å². The smallest absolute Gasteiger partial charge is 0.309 e. The molecule has 1 saturated carbocycles. The Labute approximate surface area is 161 Å². The van der Waals surface area contributed by atoms with Gasteiger partial charge in [0, 0.05) is 19.3 Å². The number of hydrogen-bond acceptors (Lipinski definition) is 4. The Balaban J connectivity index is 2.75. The zero-order valence-corrected chi connectivity index (χ0v) is 18.3. The van der Waals surface area contributed by atoms with Crippen molar-refractivity contribution in [2.75, 3.05) is 13.2 Å². The van der Waals surface area contributed by atoms with E-state index in [1.807, 2.05) is 13.8 Å². The van der Waals surface area contributed by atoms with Gasteiger partial charge < -0.3 is 15.2 Å². The van der Waals surface area contributed by atoms with Crippen molar-refractivity contribution in [3.8, 4) is 0 Å². The minimum atomic E-state index is -0.123. The van der Waals surface area contributed by atoms with Crippen molar-refractivity contribution in [2.24, 2.45) is 28.4 Å². The predicted molar refractivity (Wildman–Crippen MR) is 108 cm³/mol. The van der Waals surface area contributed by atoms with Crippen LogP contribution in [0.4, 0.5) is 0 Å². The Morgan fingerprint density at radius 3 is 2.46 bits per heavy atom. The van der Waals surface area contributed by atoms with Crippen molar-refractivity contribution in [1.82, 2.24) is 0 Å². The molecule has 1 rings (SSSR count). The number of esters is 1. The molecule has 6 atom stereocenters. The van der Waals surface area contributed by atoms with Crippen molar-refractivity contribution in [3.05, 3.63) is 0 Å². The third kappa shape index (κ3) is 4.81. The van der Waals surface area contributed by atoms with Crippen LogP contribution >= 0.6 is 0 Å². The summed E-state index contributed by atoms with van der Waals surface area (Å²) >= 11 is 0. The van der Waals surface area contributed by atoms with Crippen LogP contribution in [0.5, 0.6) is 0 Å². The molecular formula is C22H43NO3. The Morgan fingerprint density at radius 2 is 1.92 bits per heavy atom. The van der Waals surface area contributed by atoms with E-state index < -0.39 is 0 Å². The quantitative estimate of drug-likeness (QED) is 0.414. The molecular weight excluding hydrogens is 326 g/mol. The Bertz CT molecular complexity index is 439. The summed E-state index contributed by atoms with van der Waals surface area (Å²) in [5.74, 6) is 0.395. The largest absolute Gasteiger partial charge is 0.462 e. The highest BCUT2D eigenvalue weighted by atomic mass is 16.5. The molecule has 1 fully saturated rings. The number of rotatable bonds is 11. The lowest BCUT2D eigenvalue weighted by Gasteiger charge is -2.52. The van der Waals surface area contributed by atoms with Gasteiger partial charge in [-0.2, -0.15) is 0 Å². The van der Waals surface area contributed by atoms with Gasteiger partial charge in [-0.25, -0.2) is 0 Å². The molecule has 0 amide bonds. The highest BCUT2D eigenvalue weighted by Crippen LogP contribution is 2.60. The molecule has 1 aliphatic carbocycles. The molecule has 0 radical (unpaired) electrons. The van der Waals surface area contributed by atoms with Crippen LogP contribution in [0.1, 0.15) is 87.0 Å². The standard InChI is InChI=1S/C22H43NO3/c1-8-21(6,18(5)23)22(7)16(3)13-14-19(22)20(24)26-17(4)12-10-11-15-25-9-2/h16-19H,8-15,23H2,1-7H3. The van der Waals surface area contributed by atoms with Gasteiger partial charge in [0.2, 0.25) is 0 Å². The molecule has 0 aliphatic heterocycles. The first-order valence-electron chi connectivity index (χ1n) is 10.7. The van der Waals surface area contributed by atoms with Crippen molar-refractivity contribution in [3.63, 3.8) is 0 Å². The van der Waals surface area contributed by atoms with Gasteiger partial charge in [-0.1, -0.05) is 27.7 Å². The molecule has 0 aromatic heterocycles. The van der Waals surface area contributed by atoms with Crippen LogP contribution in [0.3, 0.4) is 0 Å². The number of nitrogens with two attached hydrogens (primary N) is 1. The van der Waals surface area contributed by atoms with Crippen LogP contribution in [0, 0.1) is 22.7 Å². The predicted octanol–water partition coefficient (Wildman–Crippen LogP) is 4.94. The van der Waals surface area contributed by atoms with Crippen LogP contribution in [0.25, 0.3) is 0 Å². The Morgan fingerprint density at radius 1 is 1.27 bits per heavy atom. The van der Waals surface area contributed by atoms with Crippen LogP contribution in [0.2, 0.25) is 0 Å². The van der Waals surface area contributed by atoms with Crippen molar-refractivity contribution in [1.29, 1.82) is 0 Å². The van der Waals surface area contributed by atoms with Gasteiger partial charge in [0.15, 0.2) is 0 Å². The van der Waals surface area contributed by atoms with E-state index in [9.17, 15) is 4.79 Å². The van der Waals surface area contributed by atoms with Gasteiger partial charge in [-0.3, -0.25) is 4.79 Å². The van der Waals surface area contributed by atoms with Crippen LogP contribution in [-0.2, 0) is 14.3 Å². The number of hydrogen-bond donors (Lipinski definition) is 1. The molecule has 4 heteroatoms. The first-order chi connectivity index (χ1) is 12.1. The zero-order chi connectivity index (χ0) is 20.0. The highest BCUT2D eigenvalue weighted by Gasteiger charge is 2.59. The SMILES string of the molecule is CCOCCCCC(C)OC(=O)C1CCC(C)C1(C)C(C)(CC)C(C)N. The van der Waals surface area contributed by atoms with Gasteiger partial charge in [-0.05, 0) is 76.0 Å². The van der Waals surface area contributed by atoms with Crippen LogP contribution in [-0.4, -0.2) is 31.3 Å². The monoisotopic (exact) mass is 369 g/mol. The third-order valence-corrected chi connectivity index (χ3v) is 7.56. The van der Waals surface area contributed by atoms with E-state index in [-0.39, 0.29) is 34.9 Å². The summed E-state index contributed by atoms with van der Waals surface area (Å²) in [7, 11) is 0. The van der Waals surface area contributed by atoms with Gasteiger partial charge >= 0.3 is 5.97 Å². The summed E-state index contributed by atoms with van der Waals surface area (Å²) in [6.07, 6.45) is 5.87. The highest BCUT2D eigenvalue weighted by molar-refractivity contribution is 5.74. The van der Waals surface area contributed by atoms with E-state index in [2.05, 4.69) is 34.6 Å². The lowest BCUT2D eigenvalue weighted by atomic mass is 9.53. The summed E-state index contributed by atoms with van der Waals surface area (Å²) in [5, 5.41) is 0. The fourth-order valence-electron chi connectivity index (χ4n) is 5.00. The second-order valence-electron chi connectivity index (χ2n) is 8.81. The zero-order valence-electron chi connectivity index (χ0n) is 18.3. The fraction of sp³-hybridized carbons (Fsp3) is 0.955. The average molecular weight is 370 g/mol. The second kappa shape index (κ2) is 10.1. The normalized spacial score (nSPS) is 30.6. The van der Waals surface area contributed by atoms with Crippen molar-refractivity contribution in [2.45, 2.75) is 99.1 Å². The van der Waals surface area contributed by atoms with Crippen molar-refractivity contribution < 1.29 is 14.3 Å². The fourth-order valence-corrected chi connectivity index (χ4v) is 5.00. The molecule has 0 heterocycles. The molecule has 0 bridgehead atoms. The summed E-state index contributed by atoms with van der Waals surface area (Å²) in [6.45, 7) is 16.7. The Hall–Kier alpha value is -0.610. The lowest BCUT2D eigenvalue weighted by molar-refractivity contribution is -0.163. The number of carbonyl (C=O) groups excluding carboxylic acids is 1. The first-order valence-corrected chi connectivity index (χ1v) is 10.7. The van der Waals surface area contributed by atoms with Crippen molar-refractivity contribution >= 4 is 5.97 Å². The molecule has 1 aliphatic rings. The van der Waals surface area contributed by atoms with Gasteiger partial charge in [0.25, 0.3) is 0 Å². The molecule has 2 N–H and O–H groups in total. The van der Waals surface area contributed by atoms with E-state index in [0.29, 0.717) is 5.92 Å². The van der Waals surface area contributed by atoms with E-state index >= 15 is 0 Å². The van der Waals surface area contributed by atoms with Crippen LogP contribution < -0.4 is 5.73 Å². The molecule has 0 aromatic rings. The molecule has 0 spiro atoms. The minimum Gasteiger partial charge on any atom is -0.462 e. The van der Waals surface area contributed by atoms with Gasteiger partial charge in [0.1, 0.15) is 0 Å².